The van der Waals surface area contributed by atoms with Gasteiger partial charge in [-0.2, -0.15) is 0 Å². The highest BCUT2D eigenvalue weighted by atomic mass is 35.5. The molecule has 2 aromatic rings. The summed E-state index contributed by atoms with van der Waals surface area (Å²) in [6.07, 6.45) is 2.71. The molecule has 0 amide bonds. The SMILES string of the molecule is C[C@H]1C[C@@](O)(c2ccc(Cl)c(F)c2)C[C@@H](c2cn(C)nn2)N1. The molecule has 0 unspecified atom stereocenters. The van der Waals surface area contributed by atoms with Crippen LogP contribution in [0.1, 0.15) is 37.1 Å². The average Bonchev–Trinajstić information content (AvgIpc) is 2.87. The smallest absolute Gasteiger partial charge is 0.142 e. The van der Waals surface area contributed by atoms with Crippen LogP contribution in [0, 0.1) is 5.82 Å². The van der Waals surface area contributed by atoms with Crippen molar-refractivity contribution in [3.63, 3.8) is 0 Å². The quantitative estimate of drug-likeness (QED) is 0.890. The molecule has 1 aliphatic rings. The molecule has 1 aliphatic heterocycles. The van der Waals surface area contributed by atoms with Gasteiger partial charge in [0.1, 0.15) is 5.82 Å². The Labute approximate surface area is 133 Å². The minimum atomic E-state index is -1.13. The topological polar surface area (TPSA) is 63.0 Å². The Hall–Kier alpha value is -1.50. The minimum absolute atomic E-state index is 0.0554. The van der Waals surface area contributed by atoms with Crippen molar-refractivity contribution in [3.05, 3.63) is 46.5 Å². The Morgan fingerprint density at radius 3 is 2.86 bits per heavy atom. The van der Waals surface area contributed by atoms with Crippen molar-refractivity contribution in [2.75, 3.05) is 0 Å². The molecule has 5 nitrogen and oxygen atoms in total. The second-order valence-corrected chi connectivity index (χ2v) is 6.41. The third-order valence-electron chi connectivity index (χ3n) is 4.11. The van der Waals surface area contributed by atoms with Gasteiger partial charge in [0.2, 0.25) is 0 Å². The van der Waals surface area contributed by atoms with E-state index in [4.69, 9.17) is 11.6 Å². The van der Waals surface area contributed by atoms with E-state index in [2.05, 4.69) is 15.6 Å². The van der Waals surface area contributed by atoms with E-state index >= 15 is 0 Å². The fourth-order valence-electron chi connectivity index (χ4n) is 3.12. The largest absolute Gasteiger partial charge is 0.385 e. The van der Waals surface area contributed by atoms with Crippen LogP contribution in [-0.4, -0.2) is 26.1 Å². The first kappa shape index (κ1) is 15.4. The highest BCUT2D eigenvalue weighted by Crippen LogP contribution is 2.40. The number of aryl methyl sites for hydroxylation is 1. The van der Waals surface area contributed by atoms with Crippen molar-refractivity contribution in [3.8, 4) is 0 Å². The molecule has 2 N–H and O–H groups in total. The van der Waals surface area contributed by atoms with Gasteiger partial charge in [0.25, 0.3) is 0 Å². The zero-order valence-electron chi connectivity index (χ0n) is 12.4. The molecule has 22 heavy (non-hydrogen) atoms. The van der Waals surface area contributed by atoms with Crippen LogP contribution in [0.5, 0.6) is 0 Å². The summed E-state index contributed by atoms with van der Waals surface area (Å²) in [7, 11) is 1.80. The van der Waals surface area contributed by atoms with Gasteiger partial charge in [0, 0.05) is 25.7 Å². The second-order valence-electron chi connectivity index (χ2n) is 6.01. The van der Waals surface area contributed by atoms with Crippen molar-refractivity contribution < 1.29 is 9.50 Å². The molecule has 1 aromatic heterocycles. The highest BCUT2D eigenvalue weighted by molar-refractivity contribution is 6.30. The van der Waals surface area contributed by atoms with E-state index in [1.54, 1.807) is 17.8 Å². The number of benzene rings is 1. The molecule has 2 heterocycles. The number of aromatic nitrogens is 3. The van der Waals surface area contributed by atoms with Crippen LogP contribution in [-0.2, 0) is 12.6 Å². The average molecular weight is 325 g/mol. The standard InChI is InChI=1S/C15H18ClFN4O/c1-9-6-15(22,10-3-4-11(16)12(17)5-10)7-13(18-9)14-8-21(2)20-19-14/h3-5,8-9,13,18,22H,6-7H2,1-2H3/t9-,13-,15-/m0/s1. The van der Waals surface area contributed by atoms with Crippen molar-refractivity contribution in [1.29, 1.82) is 0 Å². The molecule has 0 radical (unpaired) electrons. The fraction of sp³-hybridized carbons (Fsp3) is 0.467. The zero-order valence-corrected chi connectivity index (χ0v) is 13.2. The molecule has 118 valence electrons. The van der Waals surface area contributed by atoms with E-state index in [-0.39, 0.29) is 17.1 Å². The summed E-state index contributed by atoms with van der Waals surface area (Å²) in [6, 6.07) is 4.39. The Balaban J connectivity index is 1.93. The summed E-state index contributed by atoms with van der Waals surface area (Å²) < 4.78 is 15.4. The number of halogens is 2. The van der Waals surface area contributed by atoms with Crippen molar-refractivity contribution in [1.82, 2.24) is 20.3 Å². The van der Waals surface area contributed by atoms with Crippen LogP contribution >= 0.6 is 11.6 Å². The van der Waals surface area contributed by atoms with E-state index in [9.17, 15) is 9.50 Å². The van der Waals surface area contributed by atoms with Crippen molar-refractivity contribution in [2.24, 2.45) is 7.05 Å². The predicted octanol–water partition coefficient (Wildman–Crippen LogP) is 2.31. The van der Waals surface area contributed by atoms with Crippen LogP contribution in [0.2, 0.25) is 5.02 Å². The van der Waals surface area contributed by atoms with Gasteiger partial charge in [-0.15, -0.1) is 5.10 Å². The number of piperidine rings is 1. The number of nitrogens with zero attached hydrogens (tertiary/aromatic N) is 3. The maximum Gasteiger partial charge on any atom is 0.142 e. The van der Waals surface area contributed by atoms with Gasteiger partial charge in [-0.05, 0) is 31.0 Å². The molecule has 0 aliphatic carbocycles. The summed E-state index contributed by atoms with van der Waals surface area (Å²) in [5.41, 5.74) is 0.178. The van der Waals surface area contributed by atoms with Gasteiger partial charge in [-0.3, -0.25) is 4.68 Å². The summed E-state index contributed by atoms with van der Waals surface area (Å²) in [4.78, 5) is 0. The van der Waals surface area contributed by atoms with Crippen molar-refractivity contribution >= 4 is 11.6 Å². The maximum absolute atomic E-state index is 13.7. The summed E-state index contributed by atoms with van der Waals surface area (Å²) in [5, 5.41) is 22.6. The Bertz CT molecular complexity index is 692. The Morgan fingerprint density at radius 1 is 1.45 bits per heavy atom. The van der Waals surface area contributed by atoms with E-state index < -0.39 is 11.4 Å². The van der Waals surface area contributed by atoms with Gasteiger partial charge in [0.15, 0.2) is 0 Å². The van der Waals surface area contributed by atoms with E-state index in [0.717, 1.165) is 5.69 Å². The lowest BCUT2D eigenvalue weighted by Crippen LogP contribution is -2.47. The van der Waals surface area contributed by atoms with Gasteiger partial charge < -0.3 is 10.4 Å². The first-order valence-corrected chi connectivity index (χ1v) is 7.55. The first-order chi connectivity index (χ1) is 10.4. The molecule has 7 heteroatoms. The van der Waals surface area contributed by atoms with Crippen LogP contribution in [0.25, 0.3) is 0 Å². The third-order valence-corrected chi connectivity index (χ3v) is 4.41. The normalized spacial score (nSPS) is 28.8. The molecule has 3 rings (SSSR count). The molecular formula is C15H18ClFN4O. The Morgan fingerprint density at radius 2 is 2.23 bits per heavy atom. The fourth-order valence-corrected chi connectivity index (χ4v) is 3.24. The van der Waals surface area contributed by atoms with Crippen molar-refractivity contribution in [2.45, 2.75) is 37.5 Å². The molecule has 1 saturated heterocycles. The number of rotatable bonds is 2. The second kappa shape index (κ2) is 5.61. The number of hydrogen-bond donors (Lipinski definition) is 2. The number of hydrogen-bond acceptors (Lipinski definition) is 4. The molecule has 0 spiro atoms. The lowest BCUT2D eigenvalue weighted by molar-refractivity contribution is -0.0237. The van der Waals surface area contributed by atoms with Crippen LogP contribution < -0.4 is 5.32 Å². The lowest BCUT2D eigenvalue weighted by atomic mass is 9.78. The van der Waals surface area contributed by atoms with Gasteiger partial charge >= 0.3 is 0 Å². The highest BCUT2D eigenvalue weighted by Gasteiger charge is 2.40. The molecular weight excluding hydrogens is 307 g/mol. The summed E-state index contributed by atoms with van der Waals surface area (Å²) in [6.45, 7) is 1.99. The molecule has 1 fully saturated rings. The predicted molar refractivity (Wildman–Crippen MR) is 80.9 cm³/mol. The summed E-state index contributed by atoms with van der Waals surface area (Å²) >= 11 is 5.73. The lowest BCUT2D eigenvalue weighted by Gasteiger charge is -2.40. The summed E-state index contributed by atoms with van der Waals surface area (Å²) in [5.74, 6) is -0.519. The van der Waals surface area contributed by atoms with Gasteiger partial charge in [-0.25, -0.2) is 4.39 Å². The van der Waals surface area contributed by atoms with E-state index in [1.165, 1.54) is 12.1 Å². The molecule has 3 atom stereocenters. The molecule has 1 aromatic carbocycles. The van der Waals surface area contributed by atoms with E-state index in [0.29, 0.717) is 18.4 Å². The molecule has 0 saturated carbocycles. The van der Waals surface area contributed by atoms with Gasteiger partial charge in [-0.1, -0.05) is 22.9 Å². The zero-order chi connectivity index (χ0) is 15.9. The Kier molecular flexibility index (Phi) is 3.92. The maximum atomic E-state index is 13.7. The third kappa shape index (κ3) is 2.86. The van der Waals surface area contributed by atoms with Crippen LogP contribution in [0.3, 0.4) is 0 Å². The number of nitrogens with one attached hydrogen (secondary N) is 1. The van der Waals surface area contributed by atoms with Crippen LogP contribution in [0.4, 0.5) is 4.39 Å². The number of aliphatic hydroxyl groups is 1. The minimum Gasteiger partial charge on any atom is -0.385 e. The monoisotopic (exact) mass is 324 g/mol. The van der Waals surface area contributed by atoms with Crippen LogP contribution in [0.15, 0.2) is 24.4 Å². The van der Waals surface area contributed by atoms with E-state index in [1.807, 2.05) is 13.1 Å². The first-order valence-electron chi connectivity index (χ1n) is 7.17. The molecule has 0 bridgehead atoms. The van der Waals surface area contributed by atoms with Gasteiger partial charge in [0.05, 0.1) is 22.4 Å².